The molecule has 120 valence electrons. The van der Waals surface area contributed by atoms with Gasteiger partial charge in [0.2, 0.25) is 5.91 Å². The van der Waals surface area contributed by atoms with Crippen LogP contribution in [0.3, 0.4) is 0 Å². The van der Waals surface area contributed by atoms with E-state index in [1.807, 2.05) is 0 Å². The maximum atomic E-state index is 12.5. The van der Waals surface area contributed by atoms with Gasteiger partial charge >= 0.3 is 5.97 Å². The summed E-state index contributed by atoms with van der Waals surface area (Å²) in [7, 11) is 1.52. The average molecular weight is 308 g/mol. The number of pyridine rings is 1. The molecule has 1 N–H and O–H groups in total. The van der Waals surface area contributed by atoms with Crippen molar-refractivity contribution < 1.29 is 19.4 Å². The van der Waals surface area contributed by atoms with Crippen molar-refractivity contribution in [3.63, 3.8) is 0 Å². The Morgan fingerprint density at radius 3 is 2.68 bits per heavy atom. The van der Waals surface area contributed by atoms with E-state index in [2.05, 4.69) is 0 Å². The molecule has 0 aromatic carbocycles. The zero-order valence-electron chi connectivity index (χ0n) is 13.0. The van der Waals surface area contributed by atoms with E-state index >= 15 is 0 Å². The minimum atomic E-state index is -1.23. The Kier molecular flexibility index (Phi) is 4.65. The van der Waals surface area contributed by atoms with Gasteiger partial charge in [0.25, 0.3) is 5.56 Å². The fraction of sp³-hybridized carbons (Fsp3) is 0.533. The van der Waals surface area contributed by atoms with Crippen molar-refractivity contribution in [2.75, 3.05) is 20.3 Å². The van der Waals surface area contributed by atoms with Crippen LogP contribution in [0.15, 0.2) is 11.0 Å². The maximum absolute atomic E-state index is 12.5. The highest BCUT2D eigenvalue weighted by molar-refractivity contribution is 5.89. The second-order valence-corrected chi connectivity index (χ2v) is 5.52. The smallest absolute Gasteiger partial charge is 0.341 e. The molecule has 1 atom stereocenters. The van der Waals surface area contributed by atoms with Gasteiger partial charge in [0.1, 0.15) is 5.56 Å². The highest BCUT2D eigenvalue weighted by Gasteiger charge is 2.27. The van der Waals surface area contributed by atoms with E-state index in [1.54, 1.807) is 18.0 Å². The van der Waals surface area contributed by atoms with Crippen molar-refractivity contribution in [3.05, 3.63) is 33.2 Å². The van der Waals surface area contributed by atoms with Crippen molar-refractivity contribution >= 4 is 11.9 Å². The van der Waals surface area contributed by atoms with Crippen molar-refractivity contribution in [3.8, 4) is 0 Å². The summed E-state index contributed by atoms with van der Waals surface area (Å²) in [5.74, 6) is -1.29. The molecule has 1 aliphatic rings. The number of nitrogens with zero attached hydrogens (tertiary/aromatic N) is 2. The van der Waals surface area contributed by atoms with Crippen LogP contribution in [0.4, 0.5) is 0 Å². The Labute approximate surface area is 128 Å². The Bertz CT molecular complexity index is 665. The number of carbonyl (C=O) groups excluding carboxylic acids is 1. The summed E-state index contributed by atoms with van der Waals surface area (Å²) in [6.45, 7) is 4.32. The Morgan fingerprint density at radius 1 is 1.45 bits per heavy atom. The molecule has 0 spiro atoms. The summed E-state index contributed by atoms with van der Waals surface area (Å²) in [6.07, 6.45) is 2.04. The van der Waals surface area contributed by atoms with Crippen LogP contribution in [0.5, 0.6) is 0 Å². The number of fused-ring (bicyclic) bond motifs is 1. The standard InChI is InChI=1S/C15H20N2O5/c1-9(8-22-3)17-7-11-6-16(10(2)18)5-4-12(11)13(14(17)19)15(20)21/h7,9H,4-6,8H2,1-3H3,(H,20,21). The van der Waals surface area contributed by atoms with Crippen LogP contribution in [0.1, 0.15) is 41.4 Å². The summed E-state index contributed by atoms with van der Waals surface area (Å²) in [6, 6.07) is -0.284. The van der Waals surface area contributed by atoms with Crippen molar-refractivity contribution in [2.24, 2.45) is 0 Å². The molecule has 0 aliphatic carbocycles. The topological polar surface area (TPSA) is 88.8 Å². The summed E-state index contributed by atoms with van der Waals surface area (Å²) in [5, 5.41) is 9.41. The van der Waals surface area contributed by atoms with E-state index in [0.29, 0.717) is 37.2 Å². The van der Waals surface area contributed by atoms with Gasteiger partial charge in [0.05, 0.1) is 12.6 Å². The first-order chi connectivity index (χ1) is 10.4. The number of aromatic carboxylic acids is 1. The van der Waals surface area contributed by atoms with Crippen molar-refractivity contribution in [1.29, 1.82) is 0 Å². The minimum Gasteiger partial charge on any atom is -0.477 e. The van der Waals surface area contributed by atoms with E-state index in [0.717, 1.165) is 0 Å². The zero-order valence-corrected chi connectivity index (χ0v) is 13.0. The molecule has 1 aromatic rings. The van der Waals surface area contributed by atoms with Crippen LogP contribution in [0.2, 0.25) is 0 Å². The SMILES string of the molecule is COCC(C)n1cc2c(c(C(=O)O)c1=O)CCN(C(C)=O)C2. The maximum Gasteiger partial charge on any atom is 0.341 e. The van der Waals surface area contributed by atoms with Gasteiger partial charge in [-0.15, -0.1) is 0 Å². The Hall–Kier alpha value is -2.15. The molecule has 1 aromatic heterocycles. The predicted octanol–water partition coefficient (Wildman–Crippen LogP) is 0.658. The van der Waals surface area contributed by atoms with E-state index < -0.39 is 11.5 Å². The second kappa shape index (κ2) is 6.31. The third-order valence-electron chi connectivity index (χ3n) is 3.97. The van der Waals surface area contributed by atoms with E-state index in [1.165, 1.54) is 18.6 Å². The molecule has 0 saturated heterocycles. The van der Waals surface area contributed by atoms with Gasteiger partial charge < -0.3 is 19.3 Å². The first-order valence-corrected chi connectivity index (χ1v) is 7.11. The summed E-state index contributed by atoms with van der Waals surface area (Å²) < 4.78 is 6.43. The number of carboxylic acid groups (broad SMARTS) is 1. The zero-order chi connectivity index (χ0) is 16.4. The van der Waals surface area contributed by atoms with Crippen LogP contribution >= 0.6 is 0 Å². The number of hydrogen-bond donors (Lipinski definition) is 1. The van der Waals surface area contributed by atoms with Crippen LogP contribution in [0, 0.1) is 0 Å². The number of carbonyl (C=O) groups is 2. The third-order valence-corrected chi connectivity index (χ3v) is 3.97. The third kappa shape index (κ3) is 2.89. The van der Waals surface area contributed by atoms with Gasteiger partial charge in [0.15, 0.2) is 0 Å². The minimum absolute atomic E-state index is 0.0646. The number of methoxy groups -OCH3 is 1. The van der Waals surface area contributed by atoms with Crippen LogP contribution in [-0.2, 0) is 22.5 Å². The number of ether oxygens (including phenoxy) is 1. The molecule has 22 heavy (non-hydrogen) atoms. The number of carboxylic acids is 1. The van der Waals surface area contributed by atoms with Crippen LogP contribution in [-0.4, -0.2) is 46.7 Å². The van der Waals surface area contributed by atoms with Crippen LogP contribution < -0.4 is 5.56 Å². The Morgan fingerprint density at radius 2 is 2.14 bits per heavy atom. The predicted molar refractivity (Wildman–Crippen MR) is 79.0 cm³/mol. The number of hydrogen-bond acceptors (Lipinski definition) is 4. The molecule has 0 fully saturated rings. The lowest BCUT2D eigenvalue weighted by atomic mass is 9.96. The molecular formula is C15H20N2O5. The number of rotatable bonds is 4. The first kappa shape index (κ1) is 16.2. The second-order valence-electron chi connectivity index (χ2n) is 5.52. The molecule has 0 bridgehead atoms. The van der Waals surface area contributed by atoms with Gasteiger partial charge in [-0.25, -0.2) is 4.79 Å². The average Bonchev–Trinajstić information content (AvgIpc) is 2.45. The summed E-state index contributed by atoms with van der Waals surface area (Å²) in [4.78, 5) is 37.2. The molecule has 1 amide bonds. The molecule has 7 heteroatoms. The van der Waals surface area contributed by atoms with Crippen LogP contribution in [0.25, 0.3) is 0 Å². The first-order valence-electron chi connectivity index (χ1n) is 7.11. The van der Waals surface area contributed by atoms with E-state index in [-0.39, 0.29) is 17.5 Å². The lowest BCUT2D eigenvalue weighted by Crippen LogP contribution is -2.39. The molecule has 1 unspecified atom stereocenters. The molecular weight excluding hydrogens is 288 g/mol. The molecule has 2 rings (SSSR count). The van der Waals surface area contributed by atoms with Gasteiger partial charge in [-0.05, 0) is 24.5 Å². The normalized spacial score (nSPS) is 15.3. The van der Waals surface area contributed by atoms with Gasteiger partial charge in [0, 0.05) is 33.3 Å². The molecule has 1 aliphatic heterocycles. The Balaban J connectivity index is 2.58. The fourth-order valence-electron chi connectivity index (χ4n) is 2.81. The van der Waals surface area contributed by atoms with Crippen molar-refractivity contribution in [1.82, 2.24) is 9.47 Å². The fourth-order valence-corrected chi connectivity index (χ4v) is 2.81. The monoisotopic (exact) mass is 308 g/mol. The number of amides is 1. The summed E-state index contributed by atoms with van der Waals surface area (Å²) in [5.41, 5.74) is 0.535. The highest BCUT2D eigenvalue weighted by Crippen LogP contribution is 2.22. The molecule has 0 saturated carbocycles. The van der Waals surface area contributed by atoms with Gasteiger partial charge in [-0.2, -0.15) is 0 Å². The largest absolute Gasteiger partial charge is 0.477 e. The van der Waals surface area contributed by atoms with Gasteiger partial charge in [-0.1, -0.05) is 0 Å². The van der Waals surface area contributed by atoms with Crippen molar-refractivity contribution in [2.45, 2.75) is 32.9 Å². The molecule has 0 radical (unpaired) electrons. The molecule has 7 nitrogen and oxygen atoms in total. The van der Waals surface area contributed by atoms with E-state index in [4.69, 9.17) is 4.74 Å². The van der Waals surface area contributed by atoms with E-state index in [9.17, 15) is 19.5 Å². The lowest BCUT2D eigenvalue weighted by Gasteiger charge is -2.30. The lowest BCUT2D eigenvalue weighted by molar-refractivity contribution is -0.129. The highest BCUT2D eigenvalue weighted by atomic mass is 16.5. The van der Waals surface area contributed by atoms with Gasteiger partial charge in [-0.3, -0.25) is 9.59 Å². The molecule has 2 heterocycles. The quantitative estimate of drug-likeness (QED) is 0.882. The number of aromatic nitrogens is 1. The summed E-state index contributed by atoms with van der Waals surface area (Å²) >= 11 is 0.